The van der Waals surface area contributed by atoms with Crippen LogP contribution in [0.25, 0.3) is 0 Å². The molecule has 0 spiro atoms. The van der Waals surface area contributed by atoms with Crippen molar-refractivity contribution in [2.45, 2.75) is 59.3 Å². The molecule has 0 amide bonds. The van der Waals surface area contributed by atoms with E-state index < -0.39 is 0 Å². The normalized spacial score (nSPS) is 35.4. The van der Waals surface area contributed by atoms with Crippen LogP contribution in [0.1, 0.15) is 59.3 Å². The summed E-state index contributed by atoms with van der Waals surface area (Å²) in [5, 5.41) is 9.32. The minimum Gasteiger partial charge on any atom is -0.396 e. The summed E-state index contributed by atoms with van der Waals surface area (Å²) in [6.07, 6.45) is 7.65. The molecule has 0 bridgehead atoms. The van der Waals surface area contributed by atoms with E-state index in [-0.39, 0.29) is 0 Å². The van der Waals surface area contributed by atoms with Crippen LogP contribution in [0.5, 0.6) is 0 Å². The van der Waals surface area contributed by atoms with Crippen LogP contribution in [0.4, 0.5) is 0 Å². The van der Waals surface area contributed by atoms with E-state index in [1.165, 1.54) is 38.5 Å². The first-order valence-corrected chi connectivity index (χ1v) is 6.90. The molecule has 0 aliphatic heterocycles. The Morgan fingerprint density at radius 3 is 2.62 bits per heavy atom. The lowest BCUT2D eigenvalue weighted by atomic mass is 9.78. The molecule has 0 unspecified atom stereocenters. The quantitative estimate of drug-likeness (QED) is 0.702. The third-order valence-corrected chi connectivity index (χ3v) is 4.92. The van der Waals surface area contributed by atoms with Gasteiger partial charge in [-0.05, 0) is 55.8 Å². The topological polar surface area (TPSA) is 20.2 Å². The van der Waals surface area contributed by atoms with Crippen molar-refractivity contribution in [3.8, 4) is 0 Å². The van der Waals surface area contributed by atoms with Crippen LogP contribution >= 0.6 is 0 Å². The van der Waals surface area contributed by atoms with Crippen LogP contribution < -0.4 is 0 Å². The van der Waals surface area contributed by atoms with Crippen molar-refractivity contribution in [1.82, 2.24) is 0 Å². The standard InChI is InChI=1S/C15H26O/c1-11(2)13-7-9-15(3)8-6-12(10-16)4-5-14(13)15/h11-12,16H,4-10H2,1-3H3/t12-,15+/m1/s1. The van der Waals surface area contributed by atoms with Crippen molar-refractivity contribution in [2.75, 3.05) is 6.61 Å². The van der Waals surface area contributed by atoms with Crippen LogP contribution in [0.3, 0.4) is 0 Å². The highest BCUT2D eigenvalue weighted by Gasteiger charge is 2.38. The summed E-state index contributed by atoms with van der Waals surface area (Å²) in [5.74, 6) is 1.28. The van der Waals surface area contributed by atoms with Crippen molar-refractivity contribution in [3.05, 3.63) is 11.1 Å². The average molecular weight is 222 g/mol. The fourth-order valence-electron chi connectivity index (χ4n) is 3.67. The van der Waals surface area contributed by atoms with Crippen LogP contribution in [0, 0.1) is 17.3 Å². The van der Waals surface area contributed by atoms with Gasteiger partial charge < -0.3 is 5.11 Å². The highest BCUT2D eigenvalue weighted by Crippen LogP contribution is 2.52. The lowest BCUT2D eigenvalue weighted by molar-refractivity contribution is 0.205. The molecule has 2 rings (SSSR count). The number of allylic oxidation sites excluding steroid dienone is 2. The Labute approximate surface area is 99.9 Å². The van der Waals surface area contributed by atoms with Crippen molar-refractivity contribution < 1.29 is 5.11 Å². The molecule has 0 radical (unpaired) electrons. The molecule has 2 atom stereocenters. The zero-order valence-corrected chi connectivity index (χ0v) is 11.1. The molecule has 1 nitrogen and oxygen atoms in total. The van der Waals surface area contributed by atoms with Gasteiger partial charge in [0.1, 0.15) is 0 Å². The molecule has 0 aromatic rings. The molecule has 1 saturated carbocycles. The Hall–Kier alpha value is -0.300. The second-order valence-corrected chi connectivity index (χ2v) is 6.35. The first-order valence-electron chi connectivity index (χ1n) is 6.90. The molecule has 0 saturated heterocycles. The van der Waals surface area contributed by atoms with Gasteiger partial charge in [0.15, 0.2) is 0 Å². The lowest BCUT2D eigenvalue weighted by Crippen LogP contribution is -2.14. The van der Waals surface area contributed by atoms with E-state index in [0.29, 0.717) is 17.9 Å². The molecule has 2 aliphatic carbocycles. The maximum absolute atomic E-state index is 9.32. The molecule has 1 N–H and O–H groups in total. The lowest BCUT2D eigenvalue weighted by Gasteiger charge is -2.26. The van der Waals surface area contributed by atoms with Crippen LogP contribution in [-0.2, 0) is 0 Å². The van der Waals surface area contributed by atoms with Gasteiger partial charge in [-0.15, -0.1) is 0 Å². The Bertz CT molecular complexity index is 290. The maximum atomic E-state index is 9.32. The molecule has 16 heavy (non-hydrogen) atoms. The summed E-state index contributed by atoms with van der Waals surface area (Å²) in [7, 11) is 0. The zero-order chi connectivity index (χ0) is 11.8. The molecule has 0 aromatic heterocycles. The predicted molar refractivity (Wildman–Crippen MR) is 68.2 cm³/mol. The van der Waals surface area contributed by atoms with E-state index in [1.54, 1.807) is 11.1 Å². The fraction of sp³-hybridized carbons (Fsp3) is 0.867. The number of hydrogen-bond donors (Lipinski definition) is 1. The third kappa shape index (κ3) is 2.07. The predicted octanol–water partition coefficient (Wildman–Crippen LogP) is 3.92. The van der Waals surface area contributed by atoms with E-state index >= 15 is 0 Å². The molecule has 92 valence electrons. The minimum atomic E-state index is 0.389. The minimum absolute atomic E-state index is 0.389. The second kappa shape index (κ2) is 4.52. The molecule has 0 heterocycles. The average Bonchev–Trinajstić information content (AvgIpc) is 2.48. The zero-order valence-electron chi connectivity index (χ0n) is 11.1. The Balaban J connectivity index is 2.24. The first-order chi connectivity index (χ1) is 7.57. The smallest absolute Gasteiger partial charge is 0.0459 e. The Morgan fingerprint density at radius 2 is 2.00 bits per heavy atom. The van der Waals surface area contributed by atoms with E-state index in [0.717, 1.165) is 5.92 Å². The number of rotatable bonds is 2. The van der Waals surface area contributed by atoms with Gasteiger partial charge in [0.25, 0.3) is 0 Å². The second-order valence-electron chi connectivity index (χ2n) is 6.35. The largest absolute Gasteiger partial charge is 0.396 e. The van der Waals surface area contributed by atoms with Crippen LogP contribution in [0.2, 0.25) is 0 Å². The molecular formula is C15H26O. The highest BCUT2D eigenvalue weighted by atomic mass is 16.3. The van der Waals surface area contributed by atoms with Gasteiger partial charge in [0.2, 0.25) is 0 Å². The van der Waals surface area contributed by atoms with Crippen LogP contribution in [-0.4, -0.2) is 11.7 Å². The van der Waals surface area contributed by atoms with Gasteiger partial charge >= 0.3 is 0 Å². The summed E-state index contributed by atoms with van der Waals surface area (Å²) in [6.45, 7) is 7.52. The van der Waals surface area contributed by atoms with E-state index in [2.05, 4.69) is 20.8 Å². The molecule has 2 aliphatic rings. The molecule has 1 heteroatoms. The Morgan fingerprint density at radius 1 is 1.25 bits per heavy atom. The van der Waals surface area contributed by atoms with Gasteiger partial charge in [0, 0.05) is 6.61 Å². The number of hydrogen-bond acceptors (Lipinski definition) is 1. The maximum Gasteiger partial charge on any atom is 0.0459 e. The van der Waals surface area contributed by atoms with Crippen molar-refractivity contribution in [3.63, 3.8) is 0 Å². The SMILES string of the molecule is CC(C)C1=C2CC[C@@H](CO)CC[C@@]2(C)CC1. The number of fused-ring (bicyclic) bond motifs is 1. The van der Waals surface area contributed by atoms with Gasteiger partial charge in [-0.25, -0.2) is 0 Å². The van der Waals surface area contributed by atoms with E-state index in [9.17, 15) is 5.11 Å². The van der Waals surface area contributed by atoms with Gasteiger partial charge in [-0.3, -0.25) is 0 Å². The van der Waals surface area contributed by atoms with Crippen molar-refractivity contribution in [1.29, 1.82) is 0 Å². The van der Waals surface area contributed by atoms with Gasteiger partial charge in [-0.2, -0.15) is 0 Å². The monoisotopic (exact) mass is 222 g/mol. The number of aliphatic hydroxyl groups excluding tert-OH is 1. The van der Waals surface area contributed by atoms with E-state index in [1.807, 2.05) is 0 Å². The summed E-state index contributed by atoms with van der Waals surface area (Å²) in [4.78, 5) is 0. The summed E-state index contributed by atoms with van der Waals surface area (Å²) < 4.78 is 0. The van der Waals surface area contributed by atoms with Crippen LogP contribution in [0.15, 0.2) is 11.1 Å². The fourth-order valence-corrected chi connectivity index (χ4v) is 3.67. The Kier molecular flexibility index (Phi) is 3.44. The first kappa shape index (κ1) is 12.2. The van der Waals surface area contributed by atoms with Crippen molar-refractivity contribution in [2.24, 2.45) is 17.3 Å². The number of aliphatic hydroxyl groups is 1. The van der Waals surface area contributed by atoms with Gasteiger partial charge in [0.05, 0.1) is 0 Å². The summed E-state index contributed by atoms with van der Waals surface area (Å²) in [5.41, 5.74) is 3.98. The van der Waals surface area contributed by atoms with Crippen molar-refractivity contribution >= 4 is 0 Å². The summed E-state index contributed by atoms with van der Waals surface area (Å²) in [6, 6.07) is 0. The van der Waals surface area contributed by atoms with Gasteiger partial charge in [-0.1, -0.05) is 31.9 Å². The molecular weight excluding hydrogens is 196 g/mol. The molecule has 0 aromatic carbocycles. The molecule has 1 fully saturated rings. The third-order valence-electron chi connectivity index (χ3n) is 4.92. The summed E-state index contributed by atoms with van der Waals surface area (Å²) >= 11 is 0. The highest BCUT2D eigenvalue weighted by molar-refractivity contribution is 5.29. The van der Waals surface area contributed by atoms with E-state index in [4.69, 9.17) is 0 Å².